The molecule has 5 nitrogen and oxygen atoms in total. The van der Waals surface area contributed by atoms with Gasteiger partial charge in [-0.1, -0.05) is 30.3 Å². The normalized spacial score (nSPS) is 10.6. The highest BCUT2D eigenvalue weighted by molar-refractivity contribution is 5.91. The number of rotatable bonds is 2. The first kappa shape index (κ1) is 12.2. The molecule has 3 aromatic rings. The van der Waals surface area contributed by atoms with Crippen LogP contribution in [-0.4, -0.2) is 14.5 Å². The molecule has 0 spiro atoms. The summed E-state index contributed by atoms with van der Waals surface area (Å²) in [7, 11) is 0. The van der Waals surface area contributed by atoms with Gasteiger partial charge in [0.2, 0.25) is 5.69 Å². The fraction of sp³-hybridized carbons (Fsp3) is 0.133. The average molecular weight is 264 g/mol. The molecular formula is C15H12N4O. The van der Waals surface area contributed by atoms with Crippen molar-refractivity contribution in [3.05, 3.63) is 69.7 Å². The van der Waals surface area contributed by atoms with Gasteiger partial charge in [0.1, 0.15) is 11.0 Å². The fourth-order valence-corrected chi connectivity index (χ4v) is 2.38. The molecule has 0 saturated carbocycles. The van der Waals surface area contributed by atoms with Crippen LogP contribution in [0, 0.1) is 13.5 Å². The number of H-pyrrole nitrogens is 1. The Hall–Kier alpha value is -2.87. The van der Waals surface area contributed by atoms with Gasteiger partial charge in [0.25, 0.3) is 5.56 Å². The lowest BCUT2D eigenvalue weighted by atomic mass is 10.2. The average Bonchev–Trinajstić information content (AvgIpc) is 2.73. The number of hydrogen-bond acceptors (Lipinski definition) is 2. The largest absolute Gasteiger partial charge is 0.346 e. The highest BCUT2D eigenvalue weighted by atomic mass is 16.1. The molecule has 2 heterocycles. The Morgan fingerprint density at radius 1 is 1.35 bits per heavy atom. The zero-order valence-corrected chi connectivity index (χ0v) is 10.9. The third-order valence-corrected chi connectivity index (χ3v) is 3.37. The fourth-order valence-electron chi connectivity index (χ4n) is 2.38. The van der Waals surface area contributed by atoms with Crippen LogP contribution in [0.4, 0.5) is 5.69 Å². The maximum Gasteiger partial charge on any atom is 0.273 e. The van der Waals surface area contributed by atoms with Gasteiger partial charge in [-0.3, -0.25) is 4.79 Å². The van der Waals surface area contributed by atoms with E-state index in [-0.39, 0.29) is 5.56 Å². The summed E-state index contributed by atoms with van der Waals surface area (Å²) in [5.41, 5.74) is 3.00. The van der Waals surface area contributed by atoms with Gasteiger partial charge in [-0.15, -0.1) is 0 Å². The van der Waals surface area contributed by atoms with Gasteiger partial charge in [-0.05, 0) is 12.5 Å². The zero-order chi connectivity index (χ0) is 14.1. The smallest absolute Gasteiger partial charge is 0.273 e. The van der Waals surface area contributed by atoms with E-state index in [1.807, 2.05) is 41.8 Å². The van der Waals surface area contributed by atoms with E-state index < -0.39 is 0 Å². The second-order valence-electron chi connectivity index (χ2n) is 4.55. The number of fused-ring (bicyclic) bond motifs is 1. The molecule has 20 heavy (non-hydrogen) atoms. The number of nitrogens with one attached hydrogen (secondary N) is 1. The topological polar surface area (TPSA) is 55.0 Å². The van der Waals surface area contributed by atoms with E-state index in [0.29, 0.717) is 23.3 Å². The van der Waals surface area contributed by atoms with E-state index in [0.717, 1.165) is 11.3 Å². The van der Waals surface area contributed by atoms with Crippen molar-refractivity contribution in [3.8, 4) is 0 Å². The van der Waals surface area contributed by atoms with Crippen molar-refractivity contribution in [1.82, 2.24) is 14.5 Å². The van der Waals surface area contributed by atoms with Crippen molar-refractivity contribution in [2.45, 2.75) is 13.5 Å². The summed E-state index contributed by atoms with van der Waals surface area (Å²) in [6.07, 6.45) is 1.34. The summed E-state index contributed by atoms with van der Waals surface area (Å²) in [6.45, 7) is 9.68. The third kappa shape index (κ3) is 1.79. The van der Waals surface area contributed by atoms with Crippen molar-refractivity contribution < 1.29 is 0 Å². The van der Waals surface area contributed by atoms with E-state index in [2.05, 4.69) is 14.8 Å². The number of hydrogen-bond donors (Lipinski definition) is 1. The number of aromatic nitrogens is 3. The van der Waals surface area contributed by atoms with Crippen LogP contribution in [0.2, 0.25) is 0 Å². The van der Waals surface area contributed by atoms with Crippen LogP contribution < -0.4 is 5.56 Å². The molecule has 5 heteroatoms. The highest BCUT2D eigenvalue weighted by Crippen LogP contribution is 2.29. The minimum absolute atomic E-state index is 0.219. The summed E-state index contributed by atoms with van der Waals surface area (Å²) in [5.74, 6) is 0. The Kier molecular flexibility index (Phi) is 2.84. The van der Waals surface area contributed by atoms with Gasteiger partial charge in [0.15, 0.2) is 0 Å². The Morgan fingerprint density at radius 3 is 2.80 bits per heavy atom. The van der Waals surface area contributed by atoms with Crippen molar-refractivity contribution in [2.24, 2.45) is 0 Å². The first-order chi connectivity index (χ1) is 9.72. The molecule has 98 valence electrons. The molecule has 2 aromatic heterocycles. The van der Waals surface area contributed by atoms with Gasteiger partial charge < -0.3 is 9.55 Å². The van der Waals surface area contributed by atoms with Gasteiger partial charge in [-0.25, -0.2) is 9.83 Å². The molecule has 0 atom stereocenters. The summed E-state index contributed by atoms with van der Waals surface area (Å²) >= 11 is 0. The molecule has 1 aromatic carbocycles. The zero-order valence-electron chi connectivity index (χ0n) is 10.9. The summed E-state index contributed by atoms with van der Waals surface area (Å²) in [4.78, 5) is 22.3. The highest BCUT2D eigenvalue weighted by Gasteiger charge is 2.17. The SMILES string of the molecule is [C-]#[N+]c1c(C)n(Cc2ccccc2)c2c(=O)[nH]cnc12. The van der Waals surface area contributed by atoms with E-state index >= 15 is 0 Å². The molecule has 0 aliphatic rings. The maximum atomic E-state index is 12.1. The Labute approximate surface area is 115 Å². The first-order valence-corrected chi connectivity index (χ1v) is 6.20. The molecule has 0 radical (unpaired) electrons. The van der Waals surface area contributed by atoms with E-state index in [1.165, 1.54) is 6.33 Å². The van der Waals surface area contributed by atoms with Crippen molar-refractivity contribution in [3.63, 3.8) is 0 Å². The predicted octanol–water partition coefficient (Wildman–Crippen LogP) is 2.63. The standard InChI is InChI=1S/C15H12N4O/c1-10-12(16-2)13-14(15(20)18-9-17-13)19(10)8-11-6-4-3-5-7-11/h3-7,9H,8H2,1H3,(H,17,18,20). The van der Waals surface area contributed by atoms with Crippen LogP contribution in [0.25, 0.3) is 15.9 Å². The van der Waals surface area contributed by atoms with Crippen LogP contribution in [0.5, 0.6) is 0 Å². The maximum absolute atomic E-state index is 12.1. The van der Waals surface area contributed by atoms with Gasteiger partial charge >= 0.3 is 0 Å². The molecule has 0 bridgehead atoms. The van der Waals surface area contributed by atoms with Gasteiger partial charge in [-0.2, -0.15) is 0 Å². The van der Waals surface area contributed by atoms with Crippen molar-refractivity contribution in [2.75, 3.05) is 0 Å². The lowest BCUT2D eigenvalue weighted by Crippen LogP contribution is -2.12. The molecule has 0 amide bonds. The Bertz CT molecular complexity index is 869. The van der Waals surface area contributed by atoms with E-state index in [4.69, 9.17) is 6.57 Å². The minimum atomic E-state index is -0.219. The summed E-state index contributed by atoms with van der Waals surface area (Å²) in [5, 5.41) is 0. The van der Waals surface area contributed by atoms with Gasteiger partial charge in [0.05, 0.1) is 12.9 Å². The molecule has 0 unspecified atom stereocenters. The third-order valence-electron chi connectivity index (χ3n) is 3.37. The Morgan fingerprint density at radius 2 is 2.10 bits per heavy atom. The lowest BCUT2D eigenvalue weighted by Gasteiger charge is -2.08. The van der Waals surface area contributed by atoms with Crippen LogP contribution in [0.3, 0.4) is 0 Å². The minimum Gasteiger partial charge on any atom is -0.346 e. The summed E-state index contributed by atoms with van der Waals surface area (Å²) < 4.78 is 1.85. The first-order valence-electron chi connectivity index (χ1n) is 6.20. The van der Waals surface area contributed by atoms with E-state index in [1.54, 1.807) is 0 Å². The molecular weight excluding hydrogens is 252 g/mol. The van der Waals surface area contributed by atoms with Gasteiger partial charge in [0, 0.05) is 12.2 Å². The second kappa shape index (κ2) is 4.67. The quantitative estimate of drug-likeness (QED) is 0.723. The van der Waals surface area contributed by atoms with Crippen LogP contribution in [-0.2, 0) is 6.54 Å². The molecule has 0 aliphatic heterocycles. The lowest BCUT2D eigenvalue weighted by molar-refractivity contribution is 0.801. The molecule has 0 saturated heterocycles. The van der Waals surface area contributed by atoms with Crippen LogP contribution in [0.1, 0.15) is 11.3 Å². The molecule has 0 fully saturated rings. The van der Waals surface area contributed by atoms with Crippen LogP contribution in [0.15, 0.2) is 41.5 Å². The summed E-state index contributed by atoms with van der Waals surface area (Å²) in [6, 6.07) is 9.84. The van der Waals surface area contributed by atoms with Crippen molar-refractivity contribution in [1.29, 1.82) is 0 Å². The van der Waals surface area contributed by atoms with E-state index in [9.17, 15) is 4.79 Å². The number of nitrogens with zero attached hydrogens (tertiary/aromatic N) is 3. The molecule has 0 aliphatic carbocycles. The molecule has 3 rings (SSSR count). The number of aromatic amines is 1. The van der Waals surface area contributed by atoms with Crippen LogP contribution >= 0.6 is 0 Å². The Balaban J connectivity index is 2.28. The second-order valence-corrected chi connectivity index (χ2v) is 4.55. The van der Waals surface area contributed by atoms with Crippen molar-refractivity contribution >= 4 is 16.7 Å². The number of benzene rings is 1. The molecule has 1 N–H and O–H groups in total. The monoisotopic (exact) mass is 264 g/mol. The predicted molar refractivity (Wildman–Crippen MR) is 76.9 cm³/mol.